The first-order valence-corrected chi connectivity index (χ1v) is 5.15. The zero-order chi connectivity index (χ0) is 11.8. The minimum atomic E-state index is -4.31. The van der Waals surface area contributed by atoms with Crippen molar-refractivity contribution in [2.75, 3.05) is 5.32 Å². The molecule has 1 aromatic carbocycles. The predicted octanol–water partition coefficient (Wildman–Crippen LogP) is 2.61. The Balaban J connectivity index is 2.14. The normalized spacial score (nSPS) is 25.0. The quantitative estimate of drug-likeness (QED) is 0.819. The largest absolute Gasteiger partial charge is 0.418 e. The van der Waals surface area contributed by atoms with Crippen LogP contribution in [0.5, 0.6) is 0 Å². The number of hydrogen-bond acceptors (Lipinski definition) is 2. The summed E-state index contributed by atoms with van der Waals surface area (Å²) in [6.45, 7) is 0. The van der Waals surface area contributed by atoms with Gasteiger partial charge < -0.3 is 11.1 Å². The summed E-state index contributed by atoms with van der Waals surface area (Å²) in [6.07, 6.45) is -2.85. The molecule has 0 bridgehead atoms. The van der Waals surface area contributed by atoms with Gasteiger partial charge in [-0.05, 0) is 25.0 Å². The minimum Gasteiger partial charge on any atom is -0.382 e. The molecule has 0 heterocycles. The van der Waals surface area contributed by atoms with Crippen molar-refractivity contribution in [1.82, 2.24) is 0 Å². The molecule has 2 nitrogen and oxygen atoms in total. The van der Waals surface area contributed by atoms with Gasteiger partial charge in [0.2, 0.25) is 0 Å². The van der Waals surface area contributed by atoms with Crippen molar-refractivity contribution in [3.63, 3.8) is 0 Å². The topological polar surface area (TPSA) is 38.0 Å². The van der Waals surface area contributed by atoms with Crippen molar-refractivity contribution in [2.45, 2.75) is 31.1 Å². The second kappa shape index (κ2) is 3.97. The number of benzene rings is 1. The highest BCUT2D eigenvalue weighted by molar-refractivity contribution is 5.53. The van der Waals surface area contributed by atoms with E-state index in [1.54, 1.807) is 6.07 Å². The number of halogens is 3. The van der Waals surface area contributed by atoms with Crippen LogP contribution in [-0.4, -0.2) is 12.1 Å². The maximum Gasteiger partial charge on any atom is 0.418 e. The number of hydrogen-bond donors (Lipinski definition) is 2. The molecule has 0 amide bonds. The van der Waals surface area contributed by atoms with Crippen LogP contribution in [0.25, 0.3) is 0 Å². The summed E-state index contributed by atoms with van der Waals surface area (Å²) >= 11 is 0. The van der Waals surface area contributed by atoms with Gasteiger partial charge in [-0.15, -0.1) is 0 Å². The SMILES string of the molecule is NC1CC(Nc2ccccc2C(F)(F)F)C1. The molecule has 0 aliphatic heterocycles. The third-order valence-corrected chi connectivity index (χ3v) is 2.77. The Hall–Kier alpha value is -1.23. The predicted molar refractivity (Wildman–Crippen MR) is 56.1 cm³/mol. The number of anilines is 1. The average Bonchev–Trinajstić information content (AvgIpc) is 2.14. The van der Waals surface area contributed by atoms with Crippen LogP contribution in [0.1, 0.15) is 18.4 Å². The first kappa shape index (κ1) is 11.3. The van der Waals surface area contributed by atoms with Crippen LogP contribution >= 0.6 is 0 Å². The molecule has 1 aromatic rings. The van der Waals surface area contributed by atoms with E-state index in [1.807, 2.05) is 0 Å². The Labute approximate surface area is 91.6 Å². The van der Waals surface area contributed by atoms with Crippen LogP contribution in [-0.2, 0) is 6.18 Å². The van der Waals surface area contributed by atoms with Gasteiger partial charge >= 0.3 is 6.18 Å². The smallest absolute Gasteiger partial charge is 0.382 e. The zero-order valence-electron chi connectivity index (χ0n) is 8.59. The third-order valence-electron chi connectivity index (χ3n) is 2.77. The second-order valence-corrected chi connectivity index (χ2v) is 4.12. The van der Waals surface area contributed by atoms with Crippen molar-refractivity contribution in [1.29, 1.82) is 0 Å². The molecule has 1 saturated carbocycles. The Kier molecular flexibility index (Phi) is 2.80. The van der Waals surface area contributed by atoms with E-state index in [1.165, 1.54) is 12.1 Å². The molecule has 0 radical (unpaired) electrons. The molecule has 1 fully saturated rings. The van der Waals surface area contributed by atoms with Crippen molar-refractivity contribution in [2.24, 2.45) is 5.73 Å². The maximum atomic E-state index is 12.6. The molecule has 88 valence electrons. The molecule has 0 unspecified atom stereocenters. The second-order valence-electron chi connectivity index (χ2n) is 4.12. The molecule has 0 saturated heterocycles. The molecule has 3 N–H and O–H groups in total. The first-order valence-electron chi connectivity index (χ1n) is 5.15. The van der Waals surface area contributed by atoms with Gasteiger partial charge in [0.25, 0.3) is 0 Å². The van der Waals surface area contributed by atoms with E-state index in [4.69, 9.17) is 5.73 Å². The van der Waals surface area contributed by atoms with Gasteiger partial charge in [0, 0.05) is 17.8 Å². The number of rotatable bonds is 2. The summed E-state index contributed by atoms with van der Waals surface area (Å²) in [4.78, 5) is 0. The zero-order valence-corrected chi connectivity index (χ0v) is 8.59. The van der Waals surface area contributed by atoms with E-state index in [2.05, 4.69) is 5.32 Å². The summed E-state index contributed by atoms with van der Waals surface area (Å²) in [6, 6.07) is 5.71. The number of alkyl halides is 3. The van der Waals surface area contributed by atoms with Gasteiger partial charge in [-0.3, -0.25) is 0 Å². The fraction of sp³-hybridized carbons (Fsp3) is 0.455. The van der Waals surface area contributed by atoms with E-state index in [-0.39, 0.29) is 17.8 Å². The average molecular weight is 230 g/mol. The van der Waals surface area contributed by atoms with E-state index in [0.717, 1.165) is 18.9 Å². The lowest BCUT2D eigenvalue weighted by Crippen LogP contribution is -2.44. The molecule has 1 aliphatic rings. The van der Waals surface area contributed by atoms with Crippen molar-refractivity contribution >= 4 is 5.69 Å². The summed E-state index contributed by atoms with van der Waals surface area (Å²) in [5.74, 6) is 0. The lowest BCUT2D eigenvalue weighted by Gasteiger charge is -2.34. The van der Waals surface area contributed by atoms with Crippen LogP contribution in [0.4, 0.5) is 18.9 Å². The van der Waals surface area contributed by atoms with Crippen LogP contribution in [0.15, 0.2) is 24.3 Å². The van der Waals surface area contributed by atoms with Crippen LogP contribution in [0, 0.1) is 0 Å². The summed E-state index contributed by atoms with van der Waals surface area (Å²) in [5.41, 5.74) is 5.11. The molecule has 1 aliphatic carbocycles. The maximum absolute atomic E-state index is 12.6. The molecular weight excluding hydrogens is 217 g/mol. The highest BCUT2D eigenvalue weighted by Gasteiger charge is 2.34. The standard InChI is InChI=1S/C11H13F3N2/c12-11(13,14)9-3-1-2-4-10(9)16-8-5-7(15)6-8/h1-4,7-8,16H,5-6,15H2. The van der Waals surface area contributed by atoms with Crippen molar-refractivity contribution in [3.8, 4) is 0 Å². The van der Waals surface area contributed by atoms with E-state index >= 15 is 0 Å². The molecule has 16 heavy (non-hydrogen) atoms. The fourth-order valence-electron chi connectivity index (χ4n) is 1.86. The van der Waals surface area contributed by atoms with Gasteiger partial charge in [-0.2, -0.15) is 13.2 Å². The van der Waals surface area contributed by atoms with Gasteiger partial charge in [0.05, 0.1) is 5.56 Å². The summed E-state index contributed by atoms with van der Waals surface area (Å²) in [5, 5.41) is 2.88. The van der Waals surface area contributed by atoms with E-state index < -0.39 is 11.7 Å². The number of nitrogens with two attached hydrogens (primary N) is 1. The Morgan fingerprint density at radius 2 is 1.81 bits per heavy atom. The van der Waals surface area contributed by atoms with Crippen LogP contribution in [0.2, 0.25) is 0 Å². The first-order chi connectivity index (χ1) is 7.47. The van der Waals surface area contributed by atoms with Gasteiger partial charge in [0.1, 0.15) is 0 Å². The monoisotopic (exact) mass is 230 g/mol. The summed E-state index contributed by atoms with van der Waals surface area (Å²) < 4.78 is 37.9. The lowest BCUT2D eigenvalue weighted by molar-refractivity contribution is -0.137. The molecule has 0 aromatic heterocycles. The van der Waals surface area contributed by atoms with Gasteiger partial charge in [0.15, 0.2) is 0 Å². The van der Waals surface area contributed by atoms with Crippen molar-refractivity contribution in [3.05, 3.63) is 29.8 Å². The fourth-order valence-corrected chi connectivity index (χ4v) is 1.86. The highest BCUT2D eigenvalue weighted by Crippen LogP contribution is 2.36. The Morgan fingerprint density at radius 1 is 1.19 bits per heavy atom. The number of para-hydroxylation sites is 1. The van der Waals surface area contributed by atoms with E-state index in [9.17, 15) is 13.2 Å². The minimum absolute atomic E-state index is 0.0681. The highest BCUT2D eigenvalue weighted by atomic mass is 19.4. The summed E-state index contributed by atoms with van der Waals surface area (Å²) in [7, 11) is 0. The van der Waals surface area contributed by atoms with Crippen molar-refractivity contribution < 1.29 is 13.2 Å². The van der Waals surface area contributed by atoms with Crippen LogP contribution < -0.4 is 11.1 Å². The molecule has 0 atom stereocenters. The lowest BCUT2D eigenvalue weighted by atomic mass is 9.87. The number of nitrogens with one attached hydrogen (secondary N) is 1. The Morgan fingerprint density at radius 3 is 2.38 bits per heavy atom. The van der Waals surface area contributed by atoms with E-state index in [0.29, 0.717) is 0 Å². The third kappa shape index (κ3) is 2.29. The molecule has 0 spiro atoms. The molecule has 5 heteroatoms. The van der Waals surface area contributed by atoms with Gasteiger partial charge in [-0.25, -0.2) is 0 Å². The Bertz CT molecular complexity index is 370. The molecular formula is C11H13F3N2. The molecule has 2 rings (SSSR count). The van der Waals surface area contributed by atoms with Crippen LogP contribution in [0.3, 0.4) is 0 Å². The van der Waals surface area contributed by atoms with Gasteiger partial charge in [-0.1, -0.05) is 12.1 Å².